The highest BCUT2D eigenvalue weighted by molar-refractivity contribution is 7.89. The Labute approximate surface area is 169 Å². The number of nitrogens with two attached hydrogens (primary N) is 2. The molecule has 1 atom stereocenters. The number of quaternary nitrogens is 1. The highest BCUT2D eigenvalue weighted by atomic mass is 32.2. The molecule has 8 nitrogen and oxygen atoms in total. The van der Waals surface area contributed by atoms with E-state index in [0.717, 1.165) is 18.4 Å². The van der Waals surface area contributed by atoms with Gasteiger partial charge in [0, 0.05) is 11.6 Å². The van der Waals surface area contributed by atoms with Crippen LogP contribution in [-0.4, -0.2) is 32.8 Å². The van der Waals surface area contributed by atoms with Crippen LogP contribution in [0, 0.1) is 0 Å². The molecule has 0 saturated heterocycles. The van der Waals surface area contributed by atoms with Gasteiger partial charge in [0.05, 0.1) is 16.1 Å². The summed E-state index contributed by atoms with van der Waals surface area (Å²) in [5, 5.41) is 12.6. The van der Waals surface area contributed by atoms with Crippen molar-refractivity contribution < 1.29 is 23.3 Å². The molecule has 1 aliphatic rings. The molecule has 0 aromatic heterocycles. The first-order chi connectivity index (χ1) is 13.7. The maximum atomic E-state index is 12.4. The monoisotopic (exact) mass is 417 g/mol. The van der Waals surface area contributed by atoms with Gasteiger partial charge in [-0.25, -0.2) is 13.6 Å². The van der Waals surface area contributed by atoms with Crippen molar-refractivity contribution >= 4 is 27.5 Å². The van der Waals surface area contributed by atoms with Crippen LogP contribution in [0.5, 0.6) is 0 Å². The van der Waals surface area contributed by atoms with Crippen LogP contribution in [0.4, 0.5) is 5.69 Å². The molecule has 0 aliphatic heterocycles. The van der Waals surface area contributed by atoms with Gasteiger partial charge in [-0.2, -0.15) is 0 Å². The molecule has 0 unspecified atom stereocenters. The molecule has 1 saturated carbocycles. The van der Waals surface area contributed by atoms with Crippen LogP contribution in [-0.2, 0) is 14.8 Å². The number of benzene rings is 2. The number of primary sulfonamides is 1. The summed E-state index contributed by atoms with van der Waals surface area (Å²) in [5.74, 6) is -0.416. The van der Waals surface area contributed by atoms with E-state index in [-0.39, 0.29) is 35.3 Å². The molecule has 2 amide bonds. The summed E-state index contributed by atoms with van der Waals surface area (Å²) in [4.78, 5) is 24.7. The second-order valence-corrected chi connectivity index (χ2v) is 8.75. The number of sulfonamides is 1. The number of para-hydroxylation sites is 1. The van der Waals surface area contributed by atoms with E-state index in [2.05, 4.69) is 10.6 Å². The topological polar surface area (TPSA) is 135 Å². The van der Waals surface area contributed by atoms with Crippen molar-refractivity contribution in [1.29, 1.82) is 0 Å². The second kappa shape index (κ2) is 8.73. The van der Waals surface area contributed by atoms with Gasteiger partial charge in [-0.05, 0) is 44.0 Å². The van der Waals surface area contributed by atoms with Crippen molar-refractivity contribution in [3.05, 3.63) is 59.7 Å². The molecule has 0 bridgehead atoms. The van der Waals surface area contributed by atoms with Crippen LogP contribution in [0.1, 0.15) is 41.7 Å². The number of rotatable bonds is 8. The minimum absolute atomic E-state index is 0.0484. The zero-order chi connectivity index (χ0) is 21.0. The van der Waals surface area contributed by atoms with Crippen LogP contribution >= 0.6 is 0 Å². The molecule has 154 valence electrons. The van der Waals surface area contributed by atoms with E-state index in [1.165, 1.54) is 12.1 Å². The van der Waals surface area contributed by atoms with Gasteiger partial charge in [-0.3, -0.25) is 9.59 Å². The van der Waals surface area contributed by atoms with Crippen LogP contribution in [0.3, 0.4) is 0 Å². The fourth-order valence-corrected chi connectivity index (χ4v) is 3.38. The summed E-state index contributed by atoms with van der Waals surface area (Å²) in [5.41, 5.74) is 1.79. The summed E-state index contributed by atoms with van der Waals surface area (Å²) in [6.45, 7) is 2.06. The predicted octanol–water partition coefficient (Wildman–Crippen LogP) is 0.489. The number of anilines is 1. The Balaban J connectivity index is 1.56. The van der Waals surface area contributed by atoms with E-state index in [9.17, 15) is 18.0 Å². The Kier molecular flexibility index (Phi) is 6.31. The first-order valence-electron chi connectivity index (χ1n) is 9.40. The maximum Gasteiger partial charge on any atom is 0.279 e. The molecule has 1 aliphatic carbocycles. The molecular weight excluding hydrogens is 392 g/mol. The van der Waals surface area contributed by atoms with E-state index in [1.54, 1.807) is 36.4 Å². The Morgan fingerprint density at radius 1 is 1.14 bits per heavy atom. The Bertz CT molecular complexity index is 1000. The van der Waals surface area contributed by atoms with Crippen molar-refractivity contribution in [2.75, 3.05) is 11.9 Å². The molecule has 9 heteroatoms. The van der Waals surface area contributed by atoms with E-state index in [0.29, 0.717) is 11.3 Å². The van der Waals surface area contributed by atoms with Gasteiger partial charge in [0.15, 0.2) is 6.54 Å². The number of amides is 2. The lowest BCUT2D eigenvalue weighted by molar-refractivity contribution is -0.682. The minimum Gasteiger partial charge on any atom is -0.349 e. The molecule has 29 heavy (non-hydrogen) atoms. The molecular formula is C20H25N4O4S+. The van der Waals surface area contributed by atoms with Crippen LogP contribution in [0.2, 0.25) is 0 Å². The summed E-state index contributed by atoms with van der Waals surface area (Å²) in [6, 6.07) is 13.3. The molecule has 1 fully saturated rings. The molecule has 2 aromatic rings. The van der Waals surface area contributed by atoms with Crippen molar-refractivity contribution in [3.8, 4) is 0 Å². The summed E-state index contributed by atoms with van der Waals surface area (Å²) in [6.07, 6.45) is 1.98. The third-order valence-electron chi connectivity index (χ3n) is 4.75. The summed E-state index contributed by atoms with van der Waals surface area (Å²) in [7, 11) is -3.73. The Morgan fingerprint density at radius 3 is 2.41 bits per heavy atom. The number of carbonyl (C=O) groups excluding carboxylic acids is 2. The zero-order valence-corrected chi connectivity index (χ0v) is 16.9. The van der Waals surface area contributed by atoms with Crippen molar-refractivity contribution in [2.45, 2.75) is 36.7 Å². The van der Waals surface area contributed by atoms with E-state index in [4.69, 9.17) is 5.14 Å². The fraction of sp³-hybridized carbons (Fsp3) is 0.300. The minimum atomic E-state index is -3.73. The first-order valence-corrected chi connectivity index (χ1v) is 10.9. The summed E-state index contributed by atoms with van der Waals surface area (Å²) < 4.78 is 22.7. The number of hydrogen-bond donors (Lipinski definition) is 4. The first kappa shape index (κ1) is 21.0. The SMILES string of the molecule is C[C@H]([NH2+]CC(=O)Nc1ccccc1C(=O)NC1CC1)c1ccc(S(N)(=O)=O)cc1. The van der Waals surface area contributed by atoms with E-state index >= 15 is 0 Å². The van der Waals surface area contributed by atoms with Gasteiger partial charge in [0.2, 0.25) is 10.0 Å². The standard InChI is InChI=1S/C20H24N4O4S/c1-13(14-6-10-16(11-7-14)29(21,27)28)22-12-19(25)24-18-5-3-2-4-17(18)20(26)23-15-8-9-15/h2-7,10-11,13,15,22H,8-9,12H2,1H3,(H,23,26)(H,24,25)(H2,21,27,28)/p+1/t13-/m0/s1. The normalized spacial score (nSPS) is 14.8. The lowest BCUT2D eigenvalue weighted by atomic mass is 10.1. The third-order valence-corrected chi connectivity index (χ3v) is 5.68. The molecule has 2 aromatic carbocycles. The van der Waals surface area contributed by atoms with E-state index in [1.807, 2.05) is 12.2 Å². The van der Waals surface area contributed by atoms with Gasteiger partial charge >= 0.3 is 0 Å². The van der Waals surface area contributed by atoms with Gasteiger partial charge in [-0.1, -0.05) is 24.3 Å². The predicted molar refractivity (Wildman–Crippen MR) is 109 cm³/mol. The molecule has 0 radical (unpaired) electrons. The van der Waals surface area contributed by atoms with Crippen LogP contribution < -0.4 is 21.1 Å². The van der Waals surface area contributed by atoms with Crippen molar-refractivity contribution in [1.82, 2.24) is 5.32 Å². The zero-order valence-electron chi connectivity index (χ0n) is 16.1. The Morgan fingerprint density at radius 2 is 1.79 bits per heavy atom. The number of hydrogen-bond acceptors (Lipinski definition) is 4. The fourth-order valence-electron chi connectivity index (χ4n) is 2.86. The van der Waals surface area contributed by atoms with Gasteiger partial charge in [0.25, 0.3) is 11.8 Å². The van der Waals surface area contributed by atoms with Gasteiger partial charge < -0.3 is 16.0 Å². The summed E-state index contributed by atoms with van der Waals surface area (Å²) >= 11 is 0. The number of carbonyl (C=O) groups is 2. The Hall–Kier alpha value is -2.75. The highest BCUT2D eigenvalue weighted by Gasteiger charge is 2.25. The van der Waals surface area contributed by atoms with Crippen LogP contribution in [0.25, 0.3) is 0 Å². The number of nitrogens with one attached hydrogen (secondary N) is 2. The smallest absolute Gasteiger partial charge is 0.279 e. The van der Waals surface area contributed by atoms with Crippen molar-refractivity contribution in [2.24, 2.45) is 5.14 Å². The third kappa shape index (κ3) is 5.86. The molecule has 6 N–H and O–H groups in total. The van der Waals surface area contributed by atoms with Gasteiger partial charge in [0.1, 0.15) is 6.04 Å². The average Bonchev–Trinajstić information content (AvgIpc) is 3.50. The van der Waals surface area contributed by atoms with Crippen molar-refractivity contribution in [3.63, 3.8) is 0 Å². The van der Waals surface area contributed by atoms with E-state index < -0.39 is 10.0 Å². The average molecular weight is 418 g/mol. The molecule has 0 spiro atoms. The maximum absolute atomic E-state index is 12.4. The second-order valence-electron chi connectivity index (χ2n) is 7.18. The molecule has 0 heterocycles. The quantitative estimate of drug-likeness (QED) is 0.497. The van der Waals surface area contributed by atoms with Crippen LogP contribution in [0.15, 0.2) is 53.4 Å². The largest absolute Gasteiger partial charge is 0.349 e. The van der Waals surface area contributed by atoms with Gasteiger partial charge in [-0.15, -0.1) is 0 Å². The lowest BCUT2D eigenvalue weighted by Crippen LogP contribution is -2.86. The highest BCUT2D eigenvalue weighted by Crippen LogP contribution is 2.21. The lowest BCUT2D eigenvalue weighted by Gasteiger charge is -2.13. The molecule has 3 rings (SSSR count).